The number of carbonyl (C=O) groups excluding carboxylic acids is 1. The van der Waals surface area contributed by atoms with E-state index in [-0.39, 0.29) is 4.90 Å². The van der Waals surface area contributed by atoms with Gasteiger partial charge in [0.1, 0.15) is 6.54 Å². The van der Waals surface area contributed by atoms with Gasteiger partial charge in [-0.25, -0.2) is 8.42 Å². The number of sulfonamides is 1. The SMILES string of the molecule is CCc1cccc(CC)c1N(CC(N)=O)S(=O)(=O)c1ccc(Cl)cc1. The van der Waals surface area contributed by atoms with E-state index < -0.39 is 22.5 Å². The van der Waals surface area contributed by atoms with E-state index in [0.717, 1.165) is 15.4 Å². The van der Waals surface area contributed by atoms with E-state index in [1.807, 2.05) is 32.0 Å². The van der Waals surface area contributed by atoms with Crippen molar-refractivity contribution in [2.75, 3.05) is 10.8 Å². The molecule has 2 aromatic rings. The summed E-state index contributed by atoms with van der Waals surface area (Å²) in [5.41, 5.74) is 7.57. The van der Waals surface area contributed by atoms with Gasteiger partial charge in [0.25, 0.3) is 10.0 Å². The highest BCUT2D eigenvalue weighted by Crippen LogP contribution is 2.32. The zero-order valence-electron chi connectivity index (χ0n) is 14.2. The summed E-state index contributed by atoms with van der Waals surface area (Å²) in [7, 11) is -3.96. The van der Waals surface area contributed by atoms with Crippen molar-refractivity contribution in [1.29, 1.82) is 0 Å². The first-order valence-corrected chi connectivity index (χ1v) is 9.80. The smallest absolute Gasteiger partial charge is 0.264 e. The van der Waals surface area contributed by atoms with Crippen molar-refractivity contribution in [1.82, 2.24) is 0 Å². The second-order valence-corrected chi connectivity index (χ2v) is 7.86. The summed E-state index contributed by atoms with van der Waals surface area (Å²) in [5, 5.41) is 0.434. The minimum absolute atomic E-state index is 0.0612. The molecule has 0 unspecified atom stereocenters. The average molecular weight is 381 g/mol. The van der Waals surface area contributed by atoms with Crippen molar-refractivity contribution in [2.24, 2.45) is 5.73 Å². The molecule has 2 N–H and O–H groups in total. The predicted molar refractivity (Wildman–Crippen MR) is 100 cm³/mol. The predicted octanol–water partition coefficient (Wildman–Crippen LogP) is 3.15. The molecule has 134 valence electrons. The second-order valence-electron chi connectivity index (χ2n) is 5.56. The molecule has 2 rings (SSSR count). The number of aryl methyl sites for hydroxylation is 2. The van der Waals surface area contributed by atoms with Gasteiger partial charge in [-0.15, -0.1) is 0 Å². The van der Waals surface area contributed by atoms with Gasteiger partial charge in [0, 0.05) is 5.02 Å². The first kappa shape index (κ1) is 19.3. The minimum Gasteiger partial charge on any atom is -0.368 e. The summed E-state index contributed by atoms with van der Waals surface area (Å²) in [5.74, 6) is -0.717. The quantitative estimate of drug-likeness (QED) is 0.801. The standard InChI is InChI=1S/C18H21ClN2O3S/c1-3-13-6-5-7-14(4-2)18(13)21(12-17(20)22)25(23,24)16-10-8-15(19)9-11-16/h5-11H,3-4,12H2,1-2H3,(H2,20,22). The van der Waals surface area contributed by atoms with Crippen LogP contribution in [0.25, 0.3) is 0 Å². The Morgan fingerprint density at radius 3 is 2.00 bits per heavy atom. The molecule has 0 aliphatic carbocycles. The number of hydrogen-bond acceptors (Lipinski definition) is 3. The number of amides is 1. The fraction of sp³-hybridized carbons (Fsp3) is 0.278. The Balaban J connectivity index is 2.69. The van der Waals surface area contributed by atoms with Crippen LogP contribution in [0.5, 0.6) is 0 Å². The van der Waals surface area contributed by atoms with Gasteiger partial charge >= 0.3 is 0 Å². The second kappa shape index (κ2) is 7.89. The molecular weight excluding hydrogens is 360 g/mol. The number of primary amides is 1. The third-order valence-corrected chi connectivity index (χ3v) is 5.93. The molecule has 25 heavy (non-hydrogen) atoms. The Labute approximate surface area is 153 Å². The Morgan fingerprint density at radius 2 is 1.56 bits per heavy atom. The van der Waals surface area contributed by atoms with E-state index in [0.29, 0.717) is 23.6 Å². The van der Waals surface area contributed by atoms with Gasteiger partial charge < -0.3 is 5.73 Å². The lowest BCUT2D eigenvalue weighted by Crippen LogP contribution is -2.39. The molecule has 1 amide bonds. The topological polar surface area (TPSA) is 80.5 Å². The number of nitrogens with two attached hydrogens (primary N) is 1. The highest BCUT2D eigenvalue weighted by Gasteiger charge is 2.29. The number of halogens is 1. The van der Waals surface area contributed by atoms with Crippen LogP contribution >= 0.6 is 11.6 Å². The molecule has 0 heterocycles. The van der Waals surface area contributed by atoms with Gasteiger partial charge in [-0.3, -0.25) is 9.10 Å². The zero-order chi connectivity index (χ0) is 18.6. The largest absolute Gasteiger partial charge is 0.368 e. The molecule has 2 aromatic carbocycles. The first-order valence-electron chi connectivity index (χ1n) is 7.98. The van der Waals surface area contributed by atoms with E-state index in [1.54, 1.807) is 0 Å². The molecular formula is C18H21ClN2O3S. The molecule has 0 aliphatic rings. The van der Waals surface area contributed by atoms with Crippen molar-refractivity contribution in [2.45, 2.75) is 31.6 Å². The van der Waals surface area contributed by atoms with Crippen LogP contribution in [0.2, 0.25) is 5.02 Å². The number of para-hydroxylation sites is 1. The molecule has 5 nitrogen and oxygen atoms in total. The molecule has 0 saturated carbocycles. The zero-order valence-corrected chi connectivity index (χ0v) is 15.8. The van der Waals surface area contributed by atoms with Crippen LogP contribution in [0.15, 0.2) is 47.4 Å². The van der Waals surface area contributed by atoms with E-state index in [2.05, 4.69) is 0 Å². The lowest BCUT2D eigenvalue weighted by Gasteiger charge is -2.27. The van der Waals surface area contributed by atoms with Gasteiger partial charge in [-0.05, 0) is 48.2 Å². The fourth-order valence-corrected chi connectivity index (χ4v) is 4.33. The molecule has 0 atom stereocenters. The third kappa shape index (κ3) is 4.14. The van der Waals surface area contributed by atoms with Gasteiger partial charge in [-0.2, -0.15) is 0 Å². The summed E-state index contributed by atoms with van der Waals surface area (Å²) in [6.07, 6.45) is 1.27. The van der Waals surface area contributed by atoms with Gasteiger partial charge in [0.2, 0.25) is 5.91 Å². The summed E-state index contributed by atoms with van der Waals surface area (Å²) in [6.45, 7) is 3.46. The normalized spacial score (nSPS) is 11.3. The Kier molecular flexibility index (Phi) is 6.08. The monoisotopic (exact) mass is 380 g/mol. The highest BCUT2D eigenvalue weighted by molar-refractivity contribution is 7.92. The maximum absolute atomic E-state index is 13.2. The molecule has 0 radical (unpaired) electrons. The van der Waals surface area contributed by atoms with E-state index in [9.17, 15) is 13.2 Å². The van der Waals surface area contributed by atoms with Crippen molar-refractivity contribution >= 4 is 33.2 Å². The Hall–Kier alpha value is -2.05. The van der Waals surface area contributed by atoms with Crippen LogP contribution in [0.1, 0.15) is 25.0 Å². The summed E-state index contributed by atoms with van der Waals surface area (Å²) >= 11 is 5.86. The number of anilines is 1. The third-order valence-electron chi connectivity index (χ3n) is 3.92. The Bertz CT molecular complexity index is 842. The van der Waals surface area contributed by atoms with E-state index in [1.165, 1.54) is 24.3 Å². The molecule has 0 spiro atoms. The first-order chi connectivity index (χ1) is 11.8. The lowest BCUT2D eigenvalue weighted by atomic mass is 10.0. The average Bonchev–Trinajstić information content (AvgIpc) is 2.59. The van der Waals surface area contributed by atoms with Gasteiger partial charge in [0.05, 0.1) is 10.6 Å². The highest BCUT2D eigenvalue weighted by atomic mass is 35.5. The summed E-state index contributed by atoms with van der Waals surface area (Å²) in [4.78, 5) is 11.7. The maximum Gasteiger partial charge on any atom is 0.264 e. The molecule has 0 fully saturated rings. The summed E-state index contributed by atoms with van der Waals surface area (Å²) < 4.78 is 27.5. The van der Waals surface area contributed by atoms with E-state index in [4.69, 9.17) is 17.3 Å². The van der Waals surface area contributed by atoms with Crippen LogP contribution in [0.4, 0.5) is 5.69 Å². The fourth-order valence-electron chi connectivity index (χ4n) is 2.70. The maximum atomic E-state index is 13.2. The molecule has 0 aliphatic heterocycles. The number of hydrogen-bond donors (Lipinski definition) is 1. The number of benzene rings is 2. The molecule has 0 saturated heterocycles. The van der Waals surface area contributed by atoms with Crippen LogP contribution in [0.3, 0.4) is 0 Å². The Morgan fingerprint density at radius 1 is 1.04 bits per heavy atom. The van der Waals surface area contributed by atoms with Crippen molar-refractivity contribution in [3.8, 4) is 0 Å². The van der Waals surface area contributed by atoms with Gasteiger partial charge in [0.15, 0.2) is 0 Å². The summed E-state index contributed by atoms with van der Waals surface area (Å²) in [6, 6.07) is 11.5. The van der Waals surface area contributed by atoms with E-state index >= 15 is 0 Å². The van der Waals surface area contributed by atoms with Crippen LogP contribution in [-0.4, -0.2) is 20.9 Å². The van der Waals surface area contributed by atoms with Crippen molar-refractivity contribution in [3.05, 3.63) is 58.6 Å². The lowest BCUT2D eigenvalue weighted by molar-refractivity contribution is -0.116. The van der Waals surface area contributed by atoms with Crippen LogP contribution < -0.4 is 10.0 Å². The molecule has 0 aromatic heterocycles. The molecule has 7 heteroatoms. The number of nitrogens with zero attached hydrogens (tertiary/aromatic N) is 1. The minimum atomic E-state index is -3.96. The number of rotatable bonds is 7. The van der Waals surface area contributed by atoms with Crippen LogP contribution in [0, 0.1) is 0 Å². The van der Waals surface area contributed by atoms with Gasteiger partial charge in [-0.1, -0.05) is 43.6 Å². The molecule has 0 bridgehead atoms. The van der Waals surface area contributed by atoms with Crippen LogP contribution in [-0.2, 0) is 27.7 Å². The van der Waals surface area contributed by atoms with Crippen molar-refractivity contribution in [3.63, 3.8) is 0 Å². The number of carbonyl (C=O) groups is 1. The van der Waals surface area contributed by atoms with Crippen molar-refractivity contribution < 1.29 is 13.2 Å².